The number of halogens is 2. The predicted molar refractivity (Wildman–Crippen MR) is 66.2 cm³/mol. The Morgan fingerprint density at radius 3 is 2.89 bits per heavy atom. The minimum Gasteiger partial charge on any atom is -0.488 e. The Hall–Kier alpha value is -1.66. The second-order valence-corrected chi connectivity index (χ2v) is 4.70. The Balaban J connectivity index is 2.06. The van der Waals surface area contributed by atoms with Crippen molar-refractivity contribution in [2.45, 2.75) is 25.5 Å². The number of ether oxygens (including phenoxy) is 1. The second-order valence-electron chi connectivity index (χ2n) is 4.30. The standard InChI is InChI=1S/C12H11ClFN3O2/c13-9-4-6(14)3-8(11(9)18-7-1-2-7)12-16-10(5-15)19-17-12/h3-4,7H,1-2,5,15H2. The molecule has 3 rings (SSSR count). The lowest BCUT2D eigenvalue weighted by Gasteiger charge is -2.10. The number of aromatic nitrogens is 2. The van der Waals surface area contributed by atoms with E-state index in [0.717, 1.165) is 12.8 Å². The highest BCUT2D eigenvalue weighted by Gasteiger charge is 2.27. The lowest BCUT2D eigenvalue weighted by Crippen LogP contribution is -2.00. The van der Waals surface area contributed by atoms with Crippen LogP contribution < -0.4 is 10.5 Å². The van der Waals surface area contributed by atoms with Gasteiger partial charge in [-0.2, -0.15) is 4.98 Å². The third kappa shape index (κ3) is 2.54. The molecule has 1 aliphatic rings. The zero-order chi connectivity index (χ0) is 13.4. The van der Waals surface area contributed by atoms with Gasteiger partial charge in [0.05, 0.1) is 23.2 Å². The van der Waals surface area contributed by atoms with Gasteiger partial charge in [-0.1, -0.05) is 16.8 Å². The molecule has 0 atom stereocenters. The van der Waals surface area contributed by atoms with Crippen LogP contribution in [0.3, 0.4) is 0 Å². The minimum atomic E-state index is -0.484. The molecule has 1 aliphatic carbocycles. The van der Waals surface area contributed by atoms with Gasteiger partial charge in [-0.25, -0.2) is 4.39 Å². The van der Waals surface area contributed by atoms with Gasteiger partial charge in [-0.15, -0.1) is 0 Å². The third-order valence-electron chi connectivity index (χ3n) is 2.70. The van der Waals surface area contributed by atoms with Crippen molar-refractivity contribution < 1.29 is 13.7 Å². The Kier molecular flexibility index (Phi) is 3.12. The maximum absolute atomic E-state index is 13.5. The summed E-state index contributed by atoms with van der Waals surface area (Å²) in [5.41, 5.74) is 5.78. The van der Waals surface area contributed by atoms with Crippen molar-refractivity contribution in [3.05, 3.63) is 28.9 Å². The van der Waals surface area contributed by atoms with Gasteiger partial charge in [0.2, 0.25) is 11.7 Å². The molecular weight excluding hydrogens is 273 g/mol. The summed E-state index contributed by atoms with van der Waals surface area (Å²) in [5.74, 6) is 0.391. The van der Waals surface area contributed by atoms with Gasteiger partial charge in [-0.3, -0.25) is 0 Å². The molecule has 5 nitrogen and oxygen atoms in total. The van der Waals surface area contributed by atoms with E-state index in [0.29, 0.717) is 11.3 Å². The van der Waals surface area contributed by atoms with Crippen LogP contribution in [0.5, 0.6) is 5.75 Å². The van der Waals surface area contributed by atoms with Crippen molar-refractivity contribution >= 4 is 11.6 Å². The molecule has 0 saturated heterocycles. The van der Waals surface area contributed by atoms with E-state index in [9.17, 15) is 4.39 Å². The highest BCUT2D eigenvalue weighted by molar-refractivity contribution is 6.32. The molecule has 100 valence electrons. The van der Waals surface area contributed by atoms with Gasteiger partial charge in [0, 0.05) is 0 Å². The van der Waals surface area contributed by atoms with Crippen LogP contribution in [0.25, 0.3) is 11.4 Å². The van der Waals surface area contributed by atoms with E-state index < -0.39 is 5.82 Å². The molecule has 2 N–H and O–H groups in total. The van der Waals surface area contributed by atoms with Crippen molar-refractivity contribution in [1.82, 2.24) is 10.1 Å². The van der Waals surface area contributed by atoms with Crippen molar-refractivity contribution in [1.29, 1.82) is 0 Å². The van der Waals surface area contributed by atoms with E-state index in [1.807, 2.05) is 0 Å². The number of hydrogen-bond acceptors (Lipinski definition) is 5. The van der Waals surface area contributed by atoms with Crippen LogP contribution in [-0.4, -0.2) is 16.2 Å². The zero-order valence-corrected chi connectivity index (χ0v) is 10.7. The van der Waals surface area contributed by atoms with Crippen LogP contribution in [0.15, 0.2) is 16.7 Å². The summed E-state index contributed by atoms with van der Waals surface area (Å²) < 4.78 is 24.1. The maximum Gasteiger partial charge on any atom is 0.240 e. The lowest BCUT2D eigenvalue weighted by atomic mass is 10.2. The largest absolute Gasteiger partial charge is 0.488 e. The van der Waals surface area contributed by atoms with Crippen LogP contribution in [0.4, 0.5) is 4.39 Å². The van der Waals surface area contributed by atoms with E-state index >= 15 is 0 Å². The summed E-state index contributed by atoms with van der Waals surface area (Å²) >= 11 is 6.02. The summed E-state index contributed by atoms with van der Waals surface area (Å²) in [4.78, 5) is 4.06. The predicted octanol–water partition coefficient (Wildman–Crippen LogP) is 2.53. The third-order valence-corrected chi connectivity index (χ3v) is 2.98. The quantitative estimate of drug-likeness (QED) is 0.933. The van der Waals surface area contributed by atoms with Gasteiger partial charge in [0.15, 0.2) is 0 Å². The smallest absolute Gasteiger partial charge is 0.240 e. The fraction of sp³-hybridized carbons (Fsp3) is 0.333. The molecule has 0 unspecified atom stereocenters. The Bertz CT molecular complexity index is 613. The molecule has 0 radical (unpaired) electrons. The van der Waals surface area contributed by atoms with E-state index in [1.54, 1.807) is 0 Å². The molecule has 7 heteroatoms. The number of nitrogens with two attached hydrogens (primary N) is 1. The summed E-state index contributed by atoms with van der Waals surface area (Å²) in [7, 11) is 0. The van der Waals surface area contributed by atoms with E-state index in [-0.39, 0.29) is 29.4 Å². The van der Waals surface area contributed by atoms with Gasteiger partial charge >= 0.3 is 0 Å². The molecule has 19 heavy (non-hydrogen) atoms. The number of benzene rings is 1. The van der Waals surface area contributed by atoms with Crippen LogP contribution in [-0.2, 0) is 6.54 Å². The van der Waals surface area contributed by atoms with Crippen molar-refractivity contribution in [2.24, 2.45) is 5.73 Å². The molecule has 2 aromatic rings. The second kappa shape index (κ2) is 4.79. The lowest BCUT2D eigenvalue weighted by molar-refractivity contribution is 0.304. The van der Waals surface area contributed by atoms with Crippen molar-refractivity contribution in [3.8, 4) is 17.1 Å². The molecular formula is C12H11ClFN3O2. The van der Waals surface area contributed by atoms with Crippen LogP contribution >= 0.6 is 11.6 Å². The van der Waals surface area contributed by atoms with Gasteiger partial charge in [0.1, 0.15) is 11.6 Å². The Morgan fingerprint density at radius 2 is 2.26 bits per heavy atom. The summed E-state index contributed by atoms with van der Waals surface area (Å²) in [6.45, 7) is 0.120. The fourth-order valence-electron chi connectivity index (χ4n) is 1.65. The van der Waals surface area contributed by atoms with Crippen molar-refractivity contribution in [3.63, 3.8) is 0 Å². The average molecular weight is 284 g/mol. The molecule has 0 amide bonds. The van der Waals surface area contributed by atoms with E-state index in [2.05, 4.69) is 10.1 Å². The zero-order valence-electron chi connectivity index (χ0n) is 9.90. The highest BCUT2D eigenvalue weighted by atomic mass is 35.5. The van der Waals surface area contributed by atoms with Gasteiger partial charge < -0.3 is 15.0 Å². The molecule has 0 bridgehead atoms. The first-order valence-electron chi connectivity index (χ1n) is 5.86. The molecule has 1 aromatic heterocycles. The SMILES string of the molecule is NCc1nc(-c2cc(F)cc(Cl)c2OC2CC2)no1. The fourth-order valence-corrected chi connectivity index (χ4v) is 1.90. The molecule has 1 fully saturated rings. The van der Waals surface area contributed by atoms with E-state index in [4.69, 9.17) is 26.6 Å². The van der Waals surface area contributed by atoms with Crippen LogP contribution in [0.2, 0.25) is 5.02 Å². The normalized spacial score (nSPS) is 14.7. The number of hydrogen-bond donors (Lipinski definition) is 1. The van der Waals surface area contributed by atoms with E-state index in [1.165, 1.54) is 12.1 Å². The molecule has 0 spiro atoms. The monoisotopic (exact) mass is 283 g/mol. The minimum absolute atomic E-state index is 0.120. The molecule has 1 saturated carbocycles. The topological polar surface area (TPSA) is 74.2 Å². The summed E-state index contributed by atoms with van der Waals surface area (Å²) in [5, 5.41) is 3.95. The number of rotatable bonds is 4. The highest BCUT2D eigenvalue weighted by Crippen LogP contribution is 2.39. The molecule has 1 aromatic carbocycles. The molecule has 0 aliphatic heterocycles. The first-order chi connectivity index (χ1) is 9.17. The summed E-state index contributed by atoms with van der Waals surface area (Å²) in [6, 6.07) is 2.47. The average Bonchev–Trinajstić information content (AvgIpc) is 3.06. The maximum atomic E-state index is 13.5. The first-order valence-corrected chi connectivity index (χ1v) is 6.24. The van der Waals surface area contributed by atoms with Crippen LogP contribution in [0.1, 0.15) is 18.7 Å². The Labute approximate surface area is 113 Å². The van der Waals surface area contributed by atoms with Crippen LogP contribution in [0, 0.1) is 5.82 Å². The number of nitrogens with zero attached hydrogens (tertiary/aromatic N) is 2. The van der Waals surface area contributed by atoms with Gasteiger partial charge in [0.25, 0.3) is 0 Å². The van der Waals surface area contributed by atoms with Crippen molar-refractivity contribution in [2.75, 3.05) is 0 Å². The van der Waals surface area contributed by atoms with Gasteiger partial charge in [-0.05, 0) is 25.0 Å². The summed E-state index contributed by atoms with van der Waals surface area (Å²) in [6.07, 6.45) is 2.06. The molecule has 1 heterocycles. The Morgan fingerprint density at radius 1 is 1.47 bits per heavy atom. The first kappa shape index (κ1) is 12.4.